The predicted octanol–water partition coefficient (Wildman–Crippen LogP) is 0.916. The topological polar surface area (TPSA) is 87.5 Å². The molecule has 0 aliphatic heterocycles. The smallest absolute Gasteiger partial charge is 0.312 e. The van der Waals surface area contributed by atoms with E-state index in [4.69, 9.17) is 5.73 Å². The first-order valence-electron chi connectivity index (χ1n) is 6.27. The number of amides is 3. The number of hydrogen-bond acceptors (Lipinski definition) is 3. The van der Waals surface area contributed by atoms with Crippen molar-refractivity contribution in [1.29, 1.82) is 0 Å². The molecule has 0 saturated heterocycles. The molecule has 0 spiro atoms. The van der Waals surface area contributed by atoms with Crippen LogP contribution in [0.15, 0.2) is 0 Å². The van der Waals surface area contributed by atoms with Crippen LogP contribution >= 0.6 is 0 Å². The highest BCUT2D eigenvalue weighted by Crippen LogP contribution is 1.97. The Morgan fingerprint density at radius 2 is 1.42 bits per heavy atom. The molecule has 0 heterocycles. The lowest BCUT2D eigenvalue weighted by molar-refractivity contribution is -0.128. The molecular formula is C13H30N4O2. The van der Waals surface area contributed by atoms with Crippen molar-refractivity contribution < 1.29 is 9.59 Å². The summed E-state index contributed by atoms with van der Waals surface area (Å²) in [4.78, 5) is 22.8. The molecule has 0 radical (unpaired) electrons. The molecule has 0 aromatic carbocycles. The van der Waals surface area contributed by atoms with Gasteiger partial charge in [0.15, 0.2) is 0 Å². The average Bonchev–Trinajstić information content (AvgIpc) is 2.09. The summed E-state index contributed by atoms with van der Waals surface area (Å²) in [6, 6.07) is -0.475. The molecule has 6 nitrogen and oxygen atoms in total. The fourth-order valence-corrected chi connectivity index (χ4v) is 0.868. The quantitative estimate of drug-likeness (QED) is 0.699. The highest BCUT2D eigenvalue weighted by Gasteiger charge is 2.11. The zero-order chi connectivity index (χ0) is 15.9. The molecule has 0 bridgehead atoms. The van der Waals surface area contributed by atoms with E-state index in [9.17, 15) is 9.59 Å². The molecule has 0 aromatic rings. The highest BCUT2D eigenvalue weighted by molar-refractivity contribution is 5.77. The normalized spacial score (nSPS) is 11.2. The molecule has 0 unspecified atom stereocenters. The van der Waals surface area contributed by atoms with Crippen molar-refractivity contribution in [2.75, 3.05) is 20.6 Å². The van der Waals surface area contributed by atoms with Gasteiger partial charge < -0.3 is 21.3 Å². The fourth-order valence-electron chi connectivity index (χ4n) is 0.868. The Hall–Kier alpha value is -1.30. The Morgan fingerprint density at radius 3 is 1.58 bits per heavy atom. The maximum Gasteiger partial charge on any atom is 0.312 e. The first-order valence-corrected chi connectivity index (χ1v) is 6.27. The van der Waals surface area contributed by atoms with Crippen LogP contribution in [0.2, 0.25) is 0 Å². The van der Waals surface area contributed by atoms with Crippen LogP contribution in [0, 0.1) is 0 Å². The Labute approximate surface area is 117 Å². The second kappa shape index (κ2) is 7.99. The zero-order valence-corrected chi connectivity index (χ0v) is 13.5. The number of carbonyl (C=O) groups excluding carboxylic acids is 2. The number of rotatable bonds is 2. The van der Waals surface area contributed by atoms with Gasteiger partial charge in [-0.1, -0.05) is 0 Å². The second-order valence-electron chi connectivity index (χ2n) is 6.63. The van der Waals surface area contributed by atoms with Crippen molar-refractivity contribution in [2.24, 2.45) is 5.73 Å². The molecule has 0 atom stereocenters. The van der Waals surface area contributed by atoms with Crippen LogP contribution in [0.25, 0.3) is 0 Å². The number of primary amides is 1. The molecule has 19 heavy (non-hydrogen) atoms. The Bertz CT molecular complexity index is 288. The Kier molecular flexibility index (Phi) is 8.42. The van der Waals surface area contributed by atoms with Gasteiger partial charge in [-0.15, -0.1) is 0 Å². The van der Waals surface area contributed by atoms with Crippen molar-refractivity contribution in [3.63, 3.8) is 0 Å². The molecule has 0 aromatic heterocycles. The molecule has 0 rings (SSSR count). The van der Waals surface area contributed by atoms with Gasteiger partial charge in [-0.2, -0.15) is 0 Å². The lowest BCUT2D eigenvalue weighted by Gasteiger charge is -2.21. The molecule has 0 fully saturated rings. The van der Waals surface area contributed by atoms with Crippen molar-refractivity contribution in [2.45, 2.75) is 52.6 Å². The minimum absolute atomic E-state index is 0.0195. The predicted molar refractivity (Wildman–Crippen MR) is 78.9 cm³/mol. The van der Waals surface area contributed by atoms with Gasteiger partial charge in [0.1, 0.15) is 0 Å². The second-order valence-corrected chi connectivity index (χ2v) is 6.63. The minimum atomic E-state index is -0.475. The summed E-state index contributed by atoms with van der Waals surface area (Å²) < 4.78 is 0. The molecule has 4 N–H and O–H groups in total. The summed E-state index contributed by atoms with van der Waals surface area (Å²) in [5.41, 5.74) is 4.65. The van der Waals surface area contributed by atoms with E-state index in [0.717, 1.165) is 0 Å². The third kappa shape index (κ3) is 19.2. The maximum atomic E-state index is 11.1. The number of nitrogens with two attached hydrogens (primary N) is 1. The summed E-state index contributed by atoms with van der Waals surface area (Å²) in [6.07, 6.45) is 0. The number of hydrogen-bond donors (Lipinski definition) is 3. The van der Waals surface area contributed by atoms with Crippen LogP contribution in [-0.4, -0.2) is 48.6 Å². The third-order valence-electron chi connectivity index (χ3n) is 1.77. The van der Waals surface area contributed by atoms with E-state index in [0.29, 0.717) is 6.54 Å². The molecular weight excluding hydrogens is 244 g/mol. The fraction of sp³-hybridized carbons (Fsp3) is 0.846. The molecule has 114 valence electrons. The third-order valence-corrected chi connectivity index (χ3v) is 1.77. The van der Waals surface area contributed by atoms with Crippen molar-refractivity contribution in [1.82, 2.24) is 15.5 Å². The van der Waals surface area contributed by atoms with Crippen LogP contribution in [0.5, 0.6) is 0 Å². The van der Waals surface area contributed by atoms with Gasteiger partial charge in [0.05, 0.1) is 6.54 Å². The maximum absolute atomic E-state index is 11.1. The van der Waals surface area contributed by atoms with Gasteiger partial charge in [0.2, 0.25) is 5.91 Å². The summed E-state index contributed by atoms with van der Waals surface area (Å²) in [5.74, 6) is 0.111. The summed E-state index contributed by atoms with van der Waals surface area (Å²) in [5, 5.41) is 5.63. The number of likely N-dealkylation sites (N-methyl/N-ethyl adjacent to an activating group) is 1. The van der Waals surface area contributed by atoms with Gasteiger partial charge in [0.25, 0.3) is 0 Å². The summed E-state index contributed by atoms with van der Waals surface area (Å²) in [7, 11) is 3.51. The summed E-state index contributed by atoms with van der Waals surface area (Å²) in [6.45, 7) is 12.1. The molecule has 0 aliphatic rings. The first kappa shape index (κ1) is 20.0. The number of carbonyl (C=O) groups is 2. The number of nitrogens with one attached hydrogen (secondary N) is 2. The van der Waals surface area contributed by atoms with Gasteiger partial charge in [-0.3, -0.25) is 4.79 Å². The highest BCUT2D eigenvalue weighted by atomic mass is 16.2. The molecule has 0 saturated carbocycles. The van der Waals surface area contributed by atoms with Crippen molar-refractivity contribution >= 4 is 11.9 Å². The van der Waals surface area contributed by atoms with E-state index in [1.165, 1.54) is 0 Å². The number of urea groups is 1. The number of nitrogens with zero attached hydrogens (tertiary/aromatic N) is 1. The monoisotopic (exact) mass is 274 g/mol. The van der Waals surface area contributed by atoms with Crippen LogP contribution in [-0.2, 0) is 4.79 Å². The standard InChI is InChI=1S/C8H18N2O.C5H12N2O/c1-8(2,3)9-6-7(11)10(4)5;1-5(2,3)7-4(6)8/h9H,6H2,1-5H3;1-3H3,(H3,6,7,8). The molecule has 6 heteroatoms. The minimum Gasteiger partial charge on any atom is -0.352 e. The largest absolute Gasteiger partial charge is 0.352 e. The van der Waals surface area contributed by atoms with E-state index in [2.05, 4.69) is 10.6 Å². The Morgan fingerprint density at radius 1 is 1.00 bits per heavy atom. The SMILES string of the molecule is CC(C)(C)NC(N)=O.CN(C)C(=O)CNC(C)(C)C. The van der Waals surface area contributed by atoms with Crippen LogP contribution in [0.4, 0.5) is 4.79 Å². The van der Waals surface area contributed by atoms with Crippen LogP contribution in [0.3, 0.4) is 0 Å². The van der Waals surface area contributed by atoms with Gasteiger partial charge in [-0.05, 0) is 41.5 Å². The van der Waals surface area contributed by atoms with Crippen molar-refractivity contribution in [3.8, 4) is 0 Å². The Balaban J connectivity index is 0. The van der Waals surface area contributed by atoms with E-state index in [1.807, 2.05) is 41.5 Å². The molecule has 3 amide bonds. The van der Waals surface area contributed by atoms with E-state index in [1.54, 1.807) is 19.0 Å². The van der Waals surface area contributed by atoms with Gasteiger partial charge in [-0.25, -0.2) is 4.79 Å². The van der Waals surface area contributed by atoms with Crippen LogP contribution in [0.1, 0.15) is 41.5 Å². The van der Waals surface area contributed by atoms with E-state index < -0.39 is 6.03 Å². The van der Waals surface area contributed by atoms with Gasteiger partial charge in [0, 0.05) is 25.2 Å². The van der Waals surface area contributed by atoms with E-state index >= 15 is 0 Å². The average molecular weight is 274 g/mol. The molecule has 0 aliphatic carbocycles. The summed E-state index contributed by atoms with van der Waals surface area (Å²) >= 11 is 0. The van der Waals surface area contributed by atoms with Crippen LogP contribution < -0.4 is 16.4 Å². The zero-order valence-electron chi connectivity index (χ0n) is 13.5. The van der Waals surface area contributed by atoms with E-state index in [-0.39, 0.29) is 17.0 Å². The first-order chi connectivity index (χ1) is 8.24. The van der Waals surface area contributed by atoms with Crippen molar-refractivity contribution in [3.05, 3.63) is 0 Å². The lowest BCUT2D eigenvalue weighted by atomic mass is 10.1. The lowest BCUT2D eigenvalue weighted by Crippen LogP contribution is -2.43. The van der Waals surface area contributed by atoms with Gasteiger partial charge >= 0.3 is 6.03 Å².